The van der Waals surface area contributed by atoms with E-state index in [1.54, 1.807) is 20.8 Å². The van der Waals surface area contributed by atoms with Gasteiger partial charge in [-0.05, 0) is 50.8 Å². The lowest BCUT2D eigenvalue weighted by molar-refractivity contribution is -0.141. The predicted octanol–water partition coefficient (Wildman–Crippen LogP) is 4.63. The first kappa shape index (κ1) is 22.8. The highest BCUT2D eigenvalue weighted by molar-refractivity contribution is 5.69. The largest absolute Gasteiger partial charge is 0.493 e. The second-order valence-corrected chi connectivity index (χ2v) is 7.78. The van der Waals surface area contributed by atoms with E-state index in [4.69, 9.17) is 14.2 Å². The highest BCUT2D eigenvalue weighted by Crippen LogP contribution is 2.20. The van der Waals surface area contributed by atoms with E-state index in [9.17, 15) is 9.59 Å². The van der Waals surface area contributed by atoms with E-state index >= 15 is 0 Å². The van der Waals surface area contributed by atoms with Gasteiger partial charge in [0.2, 0.25) is 0 Å². The molecule has 0 saturated heterocycles. The highest BCUT2D eigenvalue weighted by atomic mass is 16.6. The molecule has 0 aliphatic carbocycles. The Hall–Kier alpha value is -2.24. The number of rotatable bonds is 9. The summed E-state index contributed by atoms with van der Waals surface area (Å²) < 4.78 is 16.2. The van der Waals surface area contributed by atoms with Crippen molar-refractivity contribution in [3.8, 4) is 5.75 Å². The van der Waals surface area contributed by atoms with E-state index in [2.05, 4.69) is 19.2 Å². The van der Waals surface area contributed by atoms with Gasteiger partial charge in [-0.15, -0.1) is 0 Å². The molecular weight excluding hydrogens is 346 g/mol. The standard InChI is InChI=1S/C21H33NO5/c1-7-8-15(2)13-26-18-11-9-17(10-12-18)19(14-25-16(3)23)22-20(24)27-21(4,5)6/h9-12,15,19H,7-8,13-14H2,1-6H3,(H,22,24)/t15?,19-/m1/s1. The lowest BCUT2D eigenvalue weighted by Crippen LogP contribution is -2.36. The fourth-order valence-electron chi connectivity index (χ4n) is 2.48. The normalized spacial score (nSPS) is 13.4. The van der Waals surface area contributed by atoms with Crippen molar-refractivity contribution in [2.24, 2.45) is 5.92 Å². The summed E-state index contributed by atoms with van der Waals surface area (Å²) in [5.41, 5.74) is 0.194. The predicted molar refractivity (Wildman–Crippen MR) is 105 cm³/mol. The molecule has 0 spiro atoms. The van der Waals surface area contributed by atoms with Crippen LogP contribution in [0.1, 0.15) is 66.0 Å². The van der Waals surface area contributed by atoms with Crippen LogP contribution in [0.2, 0.25) is 0 Å². The van der Waals surface area contributed by atoms with E-state index < -0.39 is 23.7 Å². The van der Waals surface area contributed by atoms with Crippen LogP contribution in [-0.4, -0.2) is 30.9 Å². The average molecular weight is 379 g/mol. The van der Waals surface area contributed by atoms with E-state index in [0.717, 1.165) is 24.2 Å². The van der Waals surface area contributed by atoms with Gasteiger partial charge in [0.1, 0.15) is 18.0 Å². The molecule has 0 aliphatic heterocycles. The first-order valence-electron chi connectivity index (χ1n) is 9.46. The average Bonchev–Trinajstić information content (AvgIpc) is 2.56. The lowest BCUT2D eigenvalue weighted by atomic mass is 10.1. The van der Waals surface area contributed by atoms with E-state index in [0.29, 0.717) is 12.5 Å². The van der Waals surface area contributed by atoms with Crippen molar-refractivity contribution in [3.63, 3.8) is 0 Å². The molecular formula is C21H33NO5. The van der Waals surface area contributed by atoms with Crippen molar-refractivity contribution in [2.45, 2.75) is 66.0 Å². The Morgan fingerprint density at radius 1 is 1.11 bits per heavy atom. The molecule has 0 aromatic heterocycles. The smallest absolute Gasteiger partial charge is 0.408 e. The number of carbonyl (C=O) groups is 2. The molecule has 6 heteroatoms. The summed E-state index contributed by atoms with van der Waals surface area (Å²) in [6.07, 6.45) is 1.70. The first-order valence-corrected chi connectivity index (χ1v) is 9.46. The summed E-state index contributed by atoms with van der Waals surface area (Å²) in [4.78, 5) is 23.3. The molecule has 1 aromatic rings. The third kappa shape index (κ3) is 9.87. The summed E-state index contributed by atoms with van der Waals surface area (Å²) in [5, 5.41) is 2.75. The third-order valence-corrected chi connectivity index (χ3v) is 3.74. The molecule has 1 unspecified atom stereocenters. The van der Waals surface area contributed by atoms with Crippen LogP contribution in [-0.2, 0) is 14.3 Å². The molecule has 0 radical (unpaired) electrons. The van der Waals surface area contributed by atoms with Crippen molar-refractivity contribution in [2.75, 3.05) is 13.2 Å². The third-order valence-electron chi connectivity index (χ3n) is 3.74. The molecule has 0 fully saturated rings. The maximum atomic E-state index is 12.1. The Labute approximate surface area is 162 Å². The zero-order valence-electron chi connectivity index (χ0n) is 17.3. The van der Waals surface area contributed by atoms with Crippen LogP contribution >= 0.6 is 0 Å². The van der Waals surface area contributed by atoms with Gasteiger partial charge in [-0.3, -0.25) is 4.79 Å². The lowest BCUT2D eigenvalue weighted by Gasteiger charge is -2.24. The van der Waals surface area contributed by atoms with Gasteiger partial charge in [0.05, 0.1) is 12.6 Å². The molecule has 1 rings (SSSR count). The topological polar surface area (TPSA) is 73.9 Å². The Kier molecular flexibility index (Phi) is 9.12. The number of carbonyl (C=O) groups excluding carboxylic acids is 2. The van der Waals surface area contributed by atoms with Crippen LogP contribution in [0.25, 0.3) is 0 Å². The molecule has 2 atom stereocenters. The molecule has 1 aromatic carbocycles. The number of hydrogen-bond donors (Lipinski definition) is 1. The summed E-state index contributed by atoms with van der Waals surface area (Å²) >= 11 is 0. The maximum absolute atomic E-state index is 12.1. The molecule has 0 saturated carbocycles. The number of nitrogens with one attached hydrogen (secondary N) is 1. The van der Waals surface area contributed by atoms with Crippen molar-refractivity contribution in [1.29, 1.82) is 0 Å². The number of alkyl carbamates (subject to hydrolysis) is 1. The summed E-state index contributed by atoms with van der Waals surface area (Å²) in [6, 6.07) is 6.91. The second kappa shape index (κ2) is 10.8. The fraction of sp³-hybridized carbons (Fsp3) is 0.619. The van der Waals surface area contributed by atoms with Gasteiger partial charge in [0.25, 0.3) is 0 Å². The minimum atomic E-state index is -0.608. The van der Waals surface area contributed by atoms with Crippen LogP contribution < -0.4 is 10.1 Å². The Bertz CT molecular complexity index is 592. The molecule has 0 aliphatic rings. The molecule has 1 N–H and O–H groups in total. The van der Waals surface area contributed by atoms with Gasteiger partial charge in [0.15, 0.2) is 0 Å². The first-order chi connectivity index (χ1) is 12.6. The number of ether oxygens (including phenoxy) is 3. The zero-order chi connectivity index (χ0) is 20.4. The van der Waals surface area contributed by atoms with Gasteiger partial charge < -0.3 is 19.5 Å². The van der Waals surface area contributed by atoms with Crippen LogP contribution in [0, 0.1) is 5.92 Å². The van der Waals surface area contributed by atoms with Crippen LogP contribution in [0.15, 0.2) is 24.3 Å². The number of esters is 1. The quantitative estimate of drug-likeness (QED) is 0.633. The molecule has 27 heavy (non-hydrogen) atoms. The highest BCUT2D eigenvalue weighted by Gasteiger charge is 2.21. The van der Waals surface area contributed by atoms with E-state index in [1.807, 2.05) is 24.3 Å². The zero-order valence-corrected chi connectivity index (χ0v) is 17.3. The van der Waals surface area contributed by atoms with Gasteiger partial charge in [-0.2, -0.15) is 0 Å². The molecule has 6 nitrogen and oxygen atoms in total. The second-order valence-electron chi connectivity index (χ2n) is 7.78. The molecule has 0 heterocycles. The summed E-state index contributed by atoms with van der Waals surface area (Å²) in [5.74, 6) is 0.862. The SMILES string of the molecule is CCCC(C)COc1ccc([C@@H](COC(C)=O)NC(=O)OC(C)(C)C)cc1. The van der Waals surface area contributed by atoms with Crippen molar-refractivity contribution in [3.05, 3.63) is 29.8 Å². The van der Waals surface area contributed by atoms with E-state index in [1.165, 1.54) is 6.92 Å². The van der Waals surface area contributed by atoms with E-state index in [-0.39, 0.29) is 6.61 Å². The molecule has 0 bridgehead atoms. The van der Waals surface area contributed by atoms with Crippen molar-refractivity contribution in [1.82, 2.24) is 5.32 Å². The summed E-state index contributed by atoms with van der Waals surface area (Å²) in [6.45, 7) is 11.7. The van der Waals surface area contributed by atoms with Gasteiger partial charge in [-0.25, -0.2) is 4.79 Å². The minimum absolute atomic E-state index is 0.0301. The monoisotopic (exact) mass is 379 g/mol. The minimum Gasteiger partial charge on any atom is -0.493 e. The molecule has 152 valence electrons. The molecule has 1 amide bonds. The maximum Gasteiger partial charge on any atom is 0.408 e. The van der Waals surface area contributed by atoms with Gasteiger partial charge >= 0.3 is 12.1 Å². The van der Waals surface area contributed by atoms with Crippen LogP contribution in [0.3, 0.4) is 0 Å². The van der Waals surface area contributed by atoms with Crippen LogP contribution in [0.4, 0.5) is 4.79 Å². The number of benzene rings is 1. The van der Waals surface area contributed by atoms with Crippen molar-refractivity contribution < 1.29 is 23.8 Å². The van der Waals surface area contributed by atoms with Crippen LogP contribution in [0.5, 0.6) is 5.75 Å². The number of amides is 1. The van der Waals surface area contributed by atoms with Crippen molar-refractivity contribution >= 4 is 12.1 Å². The van der Waals surface area contributed by atoms with Gasteiger partial charge in [0, 0.05) is 6.92 Å². The Morgan fingerprint density at radius 3 is 2.26 bits per heavy atom. The fourth-order valence-corrected chi connectivity index (χ4v) is 2.48. The Balaban J connectivity index is 2.76. The summed E-state index contributed by atoms with van der Waals surface area (Å²) in [7, 11) is 0. The Morgan fingerprint density at radius 2 is 1.74 bits per heavy atom. The van der Waals surface area contributed by atoms with Gasteiger partial charge in [-0.1, -0.05) is 32.4 Å². The number of hydrogen-bond acceptors (Lipinski definition) is 5.